The number of aromatic nitrogens is 2. The van der Waals surface area contributed by atoms with Crippen molar-refractivity contribution >= 4 is 41.9 Å². The fourth-order valence-corrected chi connectivity index (χ4v) is 3.95. The highest BCUT2D eigenvalue weighted by atomic mass is 127. The number of ether oxygens (including phenoxy) is 1. The number of anilines is 1. The Kier molecular flexibility index (Phi) is 10.0. The first-order valence-electron chi connectivity index (χ1n) is 10.5. The smallest absolute Gasteiger partial charge is 0.310 e. The van der Waals surface area contributed by atoms with E-state index >= 15 is 0 Å². The summed E-state index contributed by atoms with van der Waals surface area (Å²) < 4.78 is 4.95. The molecule has 0 aliphatic carbocycles. The van der Waals surface area contributed by atoms with Crippen LogP contribution in [0.3, 0.4) is 0 Å². The van der Waals surface area contributed by atoms with Gasteiger partial charge in [-0.1, -0.05) is 6.92 Å². The van der Waals surface area contributed by atoms with Gasteiger partial charge in [-0.3, -0.25) is 14.7 Å². The molecule has 2 unspecified atom stereocenters. The highest BCUT2D eigenvalue weighted by molar-refractivity contribution is 14.0. The molecule has 3 heterocycles. The van der Waals surface area contributed by atoms with Crippen molar-refractivity contribution in [1.29, 1.82) is 0 Å². The summed E-state index contributed by atoms with van der Waals surface area (Å²) in [6.07, 6.45) is 3.57. The summed E-state index contributed by atoms with van der Waals surface area (Å²) in [4.78, 5) is 32.3. The predicted molar refractivity (Wildman–Crippen MR) is 128 cm³/mol. The molecule has 168 valence electrons. The molecule has 0 spiro atoms. The maximum atomic E-state index is 12.0. The summed E-state index contributed by atoms with van der Waals surface area (Å²) in [6, 6.07) is 1.84. The molecule has 0 aromatic carbocycles. The molecule has 2 aliphatic heterocycles. The van der Waals surface area contributed by atoms with E-state index in [-0.39, 0.29) is 41.8 Å². The average Bonchev–Trinajstić information content (AvgIpc) is 3.15. The second-order valence-corrected chi connectivity index (χ2v) is 7.63. The van der Waals surface area contributed by atoms with Crippen LogP contribution >= 0.6 is 24.0 Å². The van der Waals surface area contributed by atoms with Gasteiger partial charge in [0.15, 0.2) is 5.96 Å². The number of carbonyl (C=O) groups is 1. The minimum atomic E-state index is -0.129. The van der Waals surface area contributed by atoms with E-state index in [1.165, 1.54) is 7.11 Å². The molecule has 2 aliphatic rings. The predicted octanol–water partition coefficient (Wildman–Crippen LogP) is 0.923. The maximum absolute atomic E-state index is 12.0. The van der Waals surface area contributed by atoms with Crippen molar-refractivity contribution in [2.45, 2.75) is 13.8 Å². The minimum absolute atomic E-state index is 0. The lowest BCUT2D eigenvalue weighted by Gasteiger charge is -2.34. The molecule has 1 aromatic rings. The maximum Gasteiger partial charge on any atom is 0.310 e. The first-order chi connectivity index (χ1) is 14.1. The van der Waals surface area contributed by atoms with Crippen LogP contribution in [0, 0.1) is 11.8 Å². The zero-order chi connectivity index (χ0) is 20.6. The van der Waals surface area contributed by atoms with Crippen molar-refractivity contribution in [3.63, 3.8) is 0 Å². The monoisotopic (exact) mass is 531 g/mol. The third-order valence-corrected chi connectivity index (χ3v) is 5.64. The summed E-state index contributed by atoms with van der Waals surface area (Å²) in [5.41, 5.74) is 0. The van der Waals surface area contributed by atoms with E-state index in [4.69, 9.17) is 9.73 Å². The third kappa shape index (κ3) is 6.40. The zero-order valence-corrected chi connectivity index (χ0v) is 20.5. The number of rotatable bonds is 6. The number of aliphatic imine (C=N–C) groups is 1. The highest BCUT2D eigenvalue weighted by Crippen LogP contribution is 2.24. The first-order valence-corrected chi connectivity index (χ1v) is 10.5. The van der Waals surface area contributed by atoms with Crippen molar-refractivity contribution in [2.75, 3.05) is 70.9 Å². The largest absolute Gasteiger partial charge is 0.469 e. The molecule has 1 N–H and O–H groups in total. The van der Waals surface area contributed by atoms with Crippen molar-refractivity contribution in [1.82, 2.24) is 25.1 Å². The summed E-state index contributed by atoms with van der Waals surface area (Å²) in [7, 11) is 1.46. The fraction of sp³-hybridized carbons (Fsp3) is 0.700. The number of halogens is 1. The molecule has 0 bridgehead atoms. The van der Waals surface area contributed by atoms with E-state index in [0.717, 1.165) is 64.3 Å². The van der Waals surface area contributed by atoms with Crippen LogP contribution in [0.5, 0.6) is 0 Å². The molecule has 0 radical (unpaired) electrons. The van der Waals surface area contributed by atoms with Gasteiger partial charge in [-0.2, -0.15) is 0 Å². The summed E-state index contributed by atoms with van der Waals surface area (Å²) in [5, 5.41) is 3.37. The Hall–Kier alpha value is -1.69. The van der Waals surface area contributed by atoms with Crippen molar-refractivity contribution in [3.8, 4) is 0 Å². The third-order valence-electron chi connectivity index (χ3n) is 5.64. The molecule has 2 saturated heterocycles. The van der Waals surface area contributed by atoms with Crippen molar-refractivity contribution in [3.05, 3.63) is 18.5 Å². The first kappa shape index (κ1) is 24.6. The van der Waals surface area contributed by atoms with Gasteiger partial charge < -0.3 is 19.9 Å². The van der Waals surface area contributed by atoms with E-state index in [0.29, 0.717) is 6.54 Å². The van der Waals surface area contributed by atoms with E-state index in [9.17, 15) is 4.79 Å². The van der Waals surface area contributed by atoms with Gasteiger partial charge in [-0.15, -0.1) is 24.0 Å². The number of carbonyl (C=O) groups excluding carboxylic acids is 1. The van der Waals surface area contributed by atoms with Crippen LogP contribution < -0.4 is 10.2 Å². The fourth-order valence-electron chi connectivity index (χ4n) is 3.95. The van der Waals surface area contributed by atoms with Gasteiger partial charge in [0.1, 0.15) is 0 Å². The Bertz CT molecular complexity index is 683. The zero-order valence-electron chi connectivity index (χ0n) is 18.2. The van der Waals surface area contributed by atoms with Crippen LogP contribution in [0.15, 0.2) is 23.5 Å². The minimum Gasteiger partial charge on any atom is -0.469 e. The van der Waals surface area contributed by atoms with Crippen LogP contribution in [0.25, 0.3) is 0 Å². The van der Waals surface area contributed by atoms with E-state index < -0.39 is 0 Å². The molecule has 0 amide bonds. The lowest BCUT2D eigenvalue weighted by atomic mass is 9.99. The summed E-state index contributed by atoms with van der Waals surface area (Å²) >= 11 is 0. The molecular formula is C20H34IN7O2. The van der Waals surface area contributed by atoms with Gasteiger partial charge in [-0.05, 0) is 18.9 Å². The number of nitrogens with one attached hydrogen (secondary N) is 1. The summed E-state index contributed by atoms with van der Waals surface area (Å²) in [5.74, 6) is 1.75. The molecule has 3 rings (SSSR count). The Morgan fingerprint density at radius 1 is 1.23 bits per heavy atom. The molecule has 1 aromatic heterocycles. The Labute approximate surface area is 196 Å². The van der Waals surface area contributed by atoms with Gasteiger partial charge >= 0.3 is 5.97 Å². The molecular weight excluding hydrogens is 497 g/mol. The van der Waals surface area contributed by atoms with Gasteiger partial charge in [-0.25, -0.2) is 9.97 Å². The van der Waals surface area contributed by atoms with Crippen LogP contribution in [0.4, 0.5) is 5.95 Å². The van der Waals surface area contributed by atoms with E-state index in [1.807, 2.05) is 6.07 Å². The van der Waals surface area contributed by atoms with E-state index in [2.05, 4.69) is 43.8 Å². The lowest BCUT2D eigenvalue weighted by molar-refractivity contribution is -0.145. The van der Waals surface area contributed by atoms with E-state index in [1.54, 1.807) is 12.4 Å². The number of hydrogen-bond acceptors (Lipinski definition) is 7. The van der Waals surface area contributed by atoms with Crippen LogP contribution in [-0.4, -0.2) is 97.7 Å². The normalized spacial score (nSPS) is 22.6. The average molecular weight is 531 g/mol. The van der Waals surface area contributed by atoms with Gasteiger partial charge in [0.2, 0.25) is 5.95 Å². The second-order valence-electron chi connectivity index (χ2n) is 7.63. The van der Waals surface area contributed by atoms with Crippen molar-refractivity contribution < 1.29 is 9.53 Å². The van der Waals surface area contributed by atoms with Crippen molar-refractivity contribution in [2.24, 2.45) is 16.8 Å². The summed E-state index contributed by atoms with van der Waals surface area (Å²) in [6.45, 7) is 11.9. The number of piperazine rings is 1. The van der Waals surface area contributed by atoms with Gasteiger partial charge in [0, 0.05) is 64.8 Å². The number of likely N-dealkylation sites (tertiary alicyclic amines) is 1. The molecule has 10 heteroatoms. The van der Waals surface area contributed by atoms with Crippen LogP contribution in [0.2, 0.25) is 0 Å². The second kappa shape index (κ2) is 12.2. The molecule has 0 saturated carbocycles. The standard InChI is InChI=1S/C20H33N7O2.HI/c1-4-21-19(27-14-16(2)17(15-27)18(28)29-3)24-8-9-25-10-12-26(13-11-25)20-22-6-5-7-23-20;/h5-7,16-17H,4,8-15H2,1-3H3,(H,21,24);1H. The van der Waals surface area contributed by atoms with Gasteiger partial charge in [0.25, 0.3) is 0 Å². The number of methoxy groups -OCH3 is 1. The van der Waals surface area contributed by atoms with Crippen LogP contribution in [-0.2, 0) is 9.53 Å². The Morgan fingerprint density at radius 3 is 2.57 bits per heavy atom. The number of esters is 1. The number of nitrogens with zero attached hydrogens (tertiary/aromatic N) is 6. The highest BCUT2D eigenvalue weighted by Gasteiger charge is 2.36. The quantitative estimate of drug-likeness (QED) is 0.251. The number of hydrogen-bond donors (Lipinski definition) is 1. The Balaban J connectivity index is 0.00000320. The topological polar surface area (TPSA) is 86.2 Å². The van der Waals surface area contributed by atoms with Gasteiger partial charge in [0.05, 0.1) is 19.6 Å². The van der Waals surface area contributed by atoms with Crippen LogP contribution in [0.1, 0.15) is 13.8 Å². The molecule has 9 nitrogen and oxygen atoms in total. The SMILES string of the molecule is CCNC(=NCCN1CCN(c2ncccn2)CC1)N1CC(C)C(C(=O)OC)C1.I. The Morgan fingerprint density at radius 2 is 1.93 bits per heavy atom. The molecule has 30 heavy (non-hydrogen) atoms. The number of guanidine groups is 1. The molecule has 2 fully saturated rings. The molecule has 2 atom stereocenters. The lowest BCUT2D eigenvalue weighted by Crippen LogP contribution is -2.48.